The predicted octanol–water partition coefficient (Wildman–Crippen LogP) is 4.24. The number of benzene rings is 2. The van der Waals surface area contributed by atoms with Crippen molar-refractivity contribution in [2.75, 3.05) is 7.11 Å². The number of hydrogen-bond acceptors (Lipinski definition) is 6. The van der Waals surface area contributed by atoms with Crippen LogP contribution in [0.3, 0.4) is 0 Å². The van der Waals surface area contributed by atoms with Gasteiger partial charge >= 0.3 is 11.9 Å². The van der Waals surface area contributed by atoms with E-state index in [1.807, 2.05) is 18.2 Å². The highest BCUT2D eigenvalue weighted by atomic mass is 16.5. The van der Waals surface area contributed by atoms with Crippen molar-refractivity contribution >= 4 is 29.1 Å². The highest BCUT2D eigenvalue weighted by Gasteiger charge is 2.15. The van der Waals surface area contributed by atoms with Crippen LogP contribution in [-0.4, -0.2) is 25.2 Å². The minimum Gasteiger partial charge on any atom is -0.465 e. The number of methoxy groups -OCH3 is 1. The number of nitrogens with one attached hydrogen (secondary N) is 1. The van der Waals surface area contributed by atoms with Gasteiger partial charge in [0.15, 0.2) is 5.76 Å². The molecule has 29 heavy (non-hydrogen) atoms. The lowest BCUT2D eigenvalue weighted by atomic mass is 10.1. The number of carbonyl (C=O) groups excluding carboxylic acids is 2. The van der Waals surface area contributed by atoms with Crippen LogP contribution < -0.4 is 5.43 Å². The summed E-state index contributed by atoms with van der Waals surface area (Å²) in [5, 5.41) is 4.73. The van der Waals surface area contributed by atoms with E-state index in [0.717, 1.165) is 5.39 Å². The number of ether oxygens (including phenoxy) is 1. The third kappa shape index (κ3) is 3.79. The second-order valence-electron chi connectivity index (χ2n) is 6.09. The van der Waals surface area contributed by atoms with Gasteiger partial charge in [0.2, 0.25) is 0 Å². The molecule has 0 spiro atoms. The molecule has 0 radical (unpaired) electrons. The molecular formula is C22H16N2O5. The van der Waals surface area contributed by atoms with Crippen LogP contribution in [0.15, 0.2) is 80.7 Å². The van der Waals surface area contributed by atoms with Crippen LogP contribution in [0.2, 0.25) is 0 Å². The summed E-state index contributed by atoms with van der Waals surface area (Å²) < 4.78 is 16.0. The molecule has 0 fully saturated rings. The quantitative estimate of drug-likeness (QED) is 0.313. The Kier molecular flexibility index (Phi) is 4.94. The molecule has 7 nitrogen and oxygen atoms in total. The lowest BCUT2D eigenvalue weighted by Crippen LogP contribution is -2.16. The van der Waals surface area contributed by atoms with Gasteiger partial charge in [0.1, 0.15) is 17.1 Å². The van der Waals surface area contributed by atoms with Crippen molar-refractivity contribution in [2.24, 2.45) is 5.10 Å². The molecule has 1 N–H and O–H groups in total. The Bertz CT molecular complexity index is 1190. The lowest BCUT2D eigenvalue weighted by Gasteiger charge is -2.04. The number of carbonyl (C=O) groups is 2. The van der Waals surface area contributed by atoms with Crippen LogP contribution in [0.1, 0.15) is 26.7 Å². The molecular weight excluding hydrogens is 372 g/mol. The van der Waals surface area contributed by atoms with Crippen LogP contribution in [0.5, 0.6) is 0 Å². The molecule has 0 saturated carbocycles. The number of esters is 1. The van der Waals surface area contributed by atoms with Gasteiger partial charge in [-0.1, -0.05) is 36.4 Å². The van der Waals surface area contributed by atoms with Crippen molar-refractivity contribution < 1.29 is 23.2 Å². The second-order valence-corrected chi connectivity index (χ2v) is 6.09. The topological polar surface area (TPSA) is 94.0 Å². The first kappa shape index (κ1) is 18.2. The number of nitrogens with zero attached hydrogens (tertiary/aromatic N) is 1. The molecule has 0 unspecified atom stereocenters. The number of hydrazone groups is 1. The first-order chi connectivity index (χ1) is 14.2. The van der Waals surface area contributed by atoms with Gasteiger partial charge in [-0.2, -0.15) is 5.10 Å². The highest BCUT2D eigenvalue weighted by molar-refractivity contribution is 5.97. The molecule has 2 aromatic carbocycles. The number of hydrogen-bond donors (Lipinski definition) is 1. The minimum absolute atomic E-state index is 0.162. The van der Waals surface area contributed by atoms with Gasteiger partial charge in [0.25, 0.3) is 0 Å². The van der Waals surface area contributed by atoms with E-state index in [9.17, 15) is 9.59 Å². The van der Waals surface area contributed by atoms with Crippen molar-refractivity contribution in [3.8, 4) is 11.3 Å². The van der Waals surface area contributed by atoms with Crippen LogP contribution in [-0.2, 0) is 4.74 Å². The molecule has 0 atom stereocenters. The van der Waals surface area contributed by atoms with E-state index in [-0.39, 0.29) is 5.76 Å². The zero-order valence-corrected chi connectivity index (χ0v) is 15.4. The Morgan fingerprint density at radius 1 is 1.00 bits per heavy atom. The summed E-state index contributed by atoms with van der Waals surface area (Å²) in [5.41, 5.74) is 4.02. The zero-order valence-electron chi connectivity index (χ0n) is 15.4. The Hall–Kier alpha value is -4.13. The maximum absolute atomic E-state index is 12.2. The molecule has 4 rings (SSSR count). The summed E-state index contributed by atoms with van der Waals surface area (Å²) in [7, 11) is 1.32. The standard InChI is InChI=1S/C22H16N2O5/c1-27-22(26)17-8-4-3-7-16(17)19-11-10-15(28-19)13-23-24-21(25)20-12-14-6-2-5-9-18(14)29-20/h2-13H,1H3,(H,24,25)/b23-13-. The molecule has 0 aliphatic rings. The normalized spacial score (nSPS) is 11.1. The molecule has 2 heterocycles. The maximum Gasteiger partial charge on any atom is 0.338 e. The lowest BCUT2D eigenvalue weighted by molar-refractivity contribution is 0.0601. The Morgan fingerprint density at radius 2 is 1.79 bits per heavy atom. The SMILES string of the molecule is COC(=O)c1ccccc1-c1ccc(/C=N\NC(=O)c2cc3ccccc3o2)o1. The number of amides is 1. The molecule has 0 aliphatic carbocycles. The Balaban J connectivity index is 1.47. The zero-order chi connectivity index (χ0) is 20.2. The fourth-order valence-electron chi connectivity index (χ4n) is 2.86. The van der Waals surface area contributed by atoms with Crippen molar-refractivity contribution in [1.29, 1.82) is 0 Å². The van der Waals surface area contributed by atoms with E-state index >= 15 is 0 Å². The summed E-state index contributed by atoms with van der Waals surface area (Å²) in [5.74, 6) is 0.127. The molecule has 0 saturated heterocycles. The van der Waals surface area contributed by atoms with Gasteiger partial charge in [0, 0.05) is 10.9 Å². The van der Waals surface area contributed by atoms with E-state index < -0.39 is 11.9 Å². The van der Waals surface area contributed by atoms with Crippen molar-refractivity contribution in [2.45, 2.75) is 0 Å². The fourth-order valence-corrected chi connectivity index (χ4v) is 2.86. The average molecular weight is 388 g/mol. The predicted molar refractivity (Wildman–Crippen MR) is 107 cm³/mol. The third-order valence-electron chi connectivity index (χ3n) is 4.23. The molecule has 0 aliphatic heterocycles. The third-order valence-corrected chi connectivity index (χ3v) is 4.23. The molecule has 4 aromatic rings. The minimum atomic E-state index is -0.472. The van der Waals surface area contributed by atoms with Gasteiger partial charge in [0.05, 0.1) is 18.9 Å². The van der Waals surface area contributed by atoms with Gasteiger partial charge in [-0.3, -0.25) is 4.79 Å². The number of furan rings is 2. The van der Waals surface area contributed by atoms with E-state index in [2.05, 4.69) is 10.5 Å². The number of rotatable bonds is 5. The maximum atomic E-state index is 12.2. The first-order valence-corrected chi connectivity index (χ1v) is 8.75. The van der Waals surface area contributed by atoms with Crippen molar-refractivity contribution in [1.82, 2.24) is 5.43 Å². The van der Waals surface area contributed by atoms with E-state index in [4.69, 9.17) is 13.6 Å². The van der Waals surface area contributed by atoms with Gasteiger partial charge in [-0.15, -0.1) is 0 Å². The Labute approximate surface area is 165 Å². The van der Waals surface area contributed by atoms with E-state index in [1.54, 1.807) is 48.5 Å². The average Bonchev–Trinajstić information content (AvgIpc) is 3.40. The monoisotopic (exact) mass is 388 g/mol. The molecule has 2 aromatic heterocycles. The first-order valence-electron chi connectivity index (χ1n) is 8.75. The van der Waals surface area contributed by atoms with Gasteiger partial charge in [-0.25, -0.2) is 10.2 Å². The molecule has 0 bridgehead atoms. The number of para-hydroxylation sites is 1. The number of fused-ring (bicyclic) bond motifs is 1. The summed E-state index contributed by atoms with van der Waals surface area (Å²) >= 11 is 0. The molecule has 1 amide bonds. The summed E-state index contributed by atoms with van der Waals surface area (Å²) in [6.07, 6.45) is 1.37. The van der Waals surface area contributed by atoms with Gasteiger partial charge in [-0.05, 0) is 30.3 Å². The largest absolute Gasteiger partial charge is 0.465 e. The summed E-state index contributed by atoms with van der Waals surface area (Å²) in [6.45, 7) is 0. The van der Waals surface area contributed by atoms with Crippen LogP contribution in [0, 0.1) is 0 Å². The van der Waals surface area contributed by atoms with Crippen LogP contribution >= 0.6 is 0 Å². The van der Waals surface area contributed by atoms with Gasteiger partial charge < -0.3 is 13.6 Å². The van der Waals surface area contributed by atoms with E-state index in [1.165, 1.54) is 13.3 Å². The van der Waals surface area contributed by atoms with E-state index in [0.29, 0.717) is 28.2 Å². The molecule has 144 valence electrons. The highest BCUT2D eigenvalue weighted by Crippen LogP contribution is 2.26. The van der Waals surface area contributed by atoms with Crippen molar-refractivity contribution in [3.63, 3.8) is 0 Å². The smallest absolute Gasteiger partial charge is 0.338 e. The van der Waals surface area contributed by atoms with Crippen molar-refractivity contribution in [3.05, 3.63) is 83.8 Å². The van der Waals surface area contributed by atoms with Crippen LogP contribution in [0.25, 0.3) is 22.3 Å². The second kappa shape index (κ2) is 7.85. The van der Waals surface area contributed by atoms with Crippen LogP contribution in [0.4, 0.5) is 0 Å². The fraction of sp³-hybridized carbons (Fsp3) is 0.0455. The summed E-state index contributed by atoms with van der Waals surface area (Å²) in [4.78, 5) is 24.1. The summed E-state index contributed by atoms with van der Waals surface area (Å²) in [6, 6.07) is 19.3. The molecule has 7 heteroatoms. The Morgan fingerprint density at radius 3 is 2.62 bits per heavy atom.